The number of aliphatic hydroxyl groups is 1. The third-order valence-corrected chi connectivity index (χ3v) is 4.55. The molecule has 3 rings (SSSR count). The predicted octanol–water partition coefficient (Wildman–Crippen LogP) is 1.39. The van der Waals surface area contributed by atoms with E-state index in [0.717, 1.165) is 13.0 Å². The largest absolute Gasteiger partial charge is 0.388 e. The molecule has 2 unspecified atom stereocenters. The first-order chi connectivity index (χ1) is 6.31. The van der Waals surface area contributed by atoms with E-state index in [1.54, 1.807) is 0 Å². The summed E-state index contributed by atoms with van der Waals surface area (Å²) in [4.78, 5) is 2.51. The van der Waals surface area contributed by atoms with Crippen molar-refractivity contribution >= 4 is 0 Å². The van der Waals surface area contributed by atoms with Crippen molar-refractivity contribution in [1.29, 1.82) is 0 Å². The molecule has 1 saturated carbocycles. The number of hydrogen-bond acceptors (Lipinski definition) is 2. The molecule has 0 spiro atoms. The van der Waals surface area contributed by atoms with E-state index in [-0.39, 0.29) is 5.60 Å². The zero-order valence-corrected chi connectivity index (χ0v) is 8.21. The Labute approximate surface area is 79.9 Å². The molecule has 2 heterocycles. The van der Waals surface area contributed by atoms with Crippen molar-refractivity contribution in [2.45, 2.75) is 50.2 Å². The van der Waals surface area contributed by atoms with Crippen LogP contribution in [0.3, 0.4) is 0 Å². The maximum Gasteiger partial charge on any atom is 0.0842 e. The van der Waals surface area contributed by atoms with Crippen LogP contribution in [0.15, 0.2) is 0 Å². The summed E-state index contributed by atoms with van der Waals surface area (Å²) < 4.78 is 0. The highest BCUT2D eigenvalue weighted by Crippen LogP contribution is 2.47. The molecular weight excluding hydrogens is 162 g/mol. The molecule has 2 nitrogen and oxygen atoms in total. The van der Waals surface area contributed by atoms with Crippen molar-refractivity contribution in [1.82, 2.24) is 4.90 Å². The van der Waals surface area contributed by atoms with Gasteiger partial charge in [-0.3, -0.25) is 4.90 Å². The van der Waals surface area contributed by atoms with Gasteiger partial charge in [-0.15, -0.1) is 0 Å². The molecule has 2 heteroatoms. The van der Waals surface area contributed by atoms with E-state index in [4.69, 9.17) is 0 Å². The molecule has 0 amide bonds. The molecule has 1 aliphatic carbocycles. The molecule has 2 aliphatic heterocycles. The number of fused-ring (bicyclic) bond motifs is 1. The van der Waals surface area contributed by atoms with Crippen LogP contribution in [0.5, 0.6) is 0 Å². The van der Waals surface area contributed by atoms with E-state index >= 15 is 0 Å². The maximum absolute atomic E-state index is 10.6. The summed E-state index contributed by atoms with van der Waals surface area (Å²) in [6, 6.07) is 0.526. The average molecular weight is 181 g/mol. The van der Waals surface area contributed by atoms with Crippen LogP contribution in [0.2, 0.25) is 0 Å². The minimum Gasteiger partial charge on any atom is -0.388 e. The van der Waals surface area contributed by atoms with Gasteiger partial charge in [0.05, 0.1) is 5.60 Å². The molecule has 0 aromatic heterocycles. The Morgan fingerprint density at radius 2 is 1.92 bits per heavy atom. The van der Waals surface area contributed by atoms with Crippen LogP contribution in [0, 0.1) is 5.92 Å². The van der Waals surface area contributed by atoms with E-state index < -0.39 is 0 Å². The molecule has 2 saturated heterocycles. The third kappa shape index (κ3) is 1.02. The lowest BCUT2D eigenvalue weighted by molar-refractivity contribution is -0.0680. The van der Waals surface area contributed by atoms with Crippen molar-refractivity contribution in [3.05, 3.63) is 0 Å². The molecule has 2 atom stereocenters. The van der Waals surface area contributed by atoms with Gasteiger partial charge in [0.1, 0.15) is 0 Å². The van der Waals surface area contributed by atoms with Gasteiger partial charge in [-0.25, -0.2) is 0 Å². The highest BCUT2D eigenvalue weighted by Gasteiger charge is 2.53. The van der Waals surface area contributed by atoms with E-state index in [2.05, 4.69) is 4.90 Å². The summed E-state index contributed by atoms with van der Waals surface area (Å²) in [5, 5.41) is 10.6. The smallest absolute Gasteiger partial charge is 0.0842 e. The summed E-state index contributed by atoms with van der Waals surface area (Å²) in [6.07, 6.45) is 7.50. The van der Waals surface area contributed by atoms with Crippen LogP contribution in [0.1, 0.15) is 38.5 Å². The van der Waals surface area contributed by atoms with Crippen molar-refractivity contribution < 1.29 is 5.11 Å². The van der Waals surface area contributed by atoms with Crippen molar-refractivity contribution in [3.8, 4) is 0 Å². The fraction of sp³-hybridized carbons (Fsp3) is 1.00. The van der Waals surface area contributed by atoms with Gasteiger partial charge in [-0.2, -0.15) is 0 Å². The normalized spacial score (nSPS) is 46.4. The number of hydrogen-bond donors (Lipinski definition) is 1. The van der Waals surface area contributed by atoms with E-state index in [1.807, 2.05) is 0 Å². The van der Waals surface area contributed by atoms with Gasteiger partial charge in [-0.05, 0) is 44.6 Å². The van der Waals surface area contributed by atoms with E-state index in [0.29, 0.717) is 12.0 Å². The molecule has 0 aromatic carbocycles. The highest BCUT2D eigenvalue weighted by molar-refractivity contribution is 5.07. The van der Waals surface area contributed by atoms with Crippen molar-refractivity contribution in [2.75, 3.05) is 13.1 Å². The predicted molar refractivity (Wildman–Crippen MR) is 51.5 cm³/mol. The molecule has 3 aliphatic rings. The quantitative estimate of drug-likeness (QED) is 0.660. The average Bonchev–Trinajstić information content (AvgIpc) is 2.52. The molecule has 0 bridgehead atoms. The van der Waals surface area contributed by atoms with Gasteiger partial charge < -0.3 is 5.11 Å². The minimum absolute atomic E-state index is 0.283. The summed E-state index contributed by atoms with van der Waals surface area (Å²) in [5.74, 6) is 0.639. The molecule has 1 N–H and O–H groups in total. The molecule has 74 valence electrons. The van der Waals surface area contributed by atoms with Gasteiger partial charge >= 0.3 is 0 Å². The maximum atomic E-state index is 10.6. The first-order valence-electron chi connectivity index (χ1n) is 5.77. The van der Waals surface area contributed by atoms with Gasteiger partial charge in [0, 0.05) is 12.6 Å². The summed E-state index contributed by atoms with van der Waals surface area (Å²) in [6.45, 7) is 2.39. The molecular formula is C11H19NO. The lowest BCUT2D eigenvalue weighted by Gasteiger charge is -2.42. The number of rotatable bonds is 1. The van der Waals surface area contributed by atoms with E-state index in [1.165, 1.54) is 38.6 Å². The zero-order chi connectivity index (χ0) is 8.89. The Morgan fingerprint density at radius 3 is 2.62 bits per heavy atom. The third-order valence-electron chi connectivity index (χ3n) is 4.55. The fourth-order valence-corrected chi connectivity index (χ4v) is 3.53. The van der Waals surface area contributed by atoms with Crippen LogP contribution in [0.4, 0.5) is 0 Å². The minimum atomic E-state index is -0.283. The van der Waals surface area contributed by atoms with Gasteiger partial charge in [0.15, 0.2) is 0 Å². The molecule has 13 heavy (non-hydrogen) atoms. The Kier molecular flexibility index (Phi) is 1.72. The van der Waals surface area contributed by atoms with Crippen LogP contribution in [-0.4, -0.2) is 34.7 Å². The molecule has 0 aromatic rings. The Bertz CT molecular complexity index is 214. The topological polar surface area (TPSA) is 23.5 Å². The SMILES string of the molecule is OC1(C2CCC2)CCN2CCCC21. The molecule has 0 radical (unpaired) electrons. The van der Waals surface area contributed by atoms with Gasteiger partial charge in [0.2, 0.25) is 0 Å². The number of nitrogens with zero attached hydrogens (tertiary/aromatic N) is 1. The molecule has 3 fully saturated rings. The summed E-state index contributed by atoms with van der Waals surface area (Å²) >= 11 is 0. The monoisotopic (exact) mass is 181 g/mol. The van der Waals surface area contributed by atoms with Crippen LogP contribution in [0.25, 0.3) is 0 Å². The Hall–Kier alpha value is -0.0800. The standard InChI is InChI=1S/C11H19NO/c13-11(9-3-1-4-9)6-8-12-7-2-5-10(11)12/h9-10,13H,1-8H2. The van der Waals surface area contributed by atoms with Crippen LogP contribution >= 0.6 is 0 Å². The van der Waals surface area contributed by atoms with Gasteiger partial charge in [0.25, 0.3) is 0 Å². The Morgan fingerprint density at radius 1 is 1.08 bits per heavy atom. The van der Waals surface area contributed by atoms with Crippen molar-refractivity contribution in [2.24, 2.45) is 5.92 Å². The van der Waals surface area contributed by atoms with E-state index in [9.17, 15) is 5.11 Å². The Balaban J connectivity index is 1.81. The fourth-order valence-electron chi connectivity index (χ4n) is 3.53. The summed E-state index contributed by atoms with van der Waals surface area (Å²) in [7, 11) is 0. The lowest BCUT2D eigenvalue weighted by Crippen LogP contribution is -2.49. The van der Waals surface area contributed by atoms with Crippen LogP contribution < -0.4 is 0 Å². The van der Waals surface area contributed by atoms with Gasteiger partial charge in [-0.1, -0.05) is 6.42 Å². The second-order valence-corrected chi connectivity index (χ2v) is 5.06. The second kappa shape index (κ2) is 2.71. The van der Waals surface area contributed by atoms with Crippen LogP contribution in [-0.2, 0) is 0 Å². The lowest BCUT2D eigenvalue weighted by atomic mass is 9.69. The summed E-state index contributed by atoms with van der Waals surface area (Å²) in [5.41, 5.74) is -0.283. The second-order valence-electron chi connectivity index (χ2n) is 5.06. The zero-order valence-electron chi connectivity index (χ0n) is 8.21. The first-order valence-corrected chi connectivity index (χ1v) is 5.77. The van der Waals surface area contributed by atoms with Crippen molar-refractivity contribution in [3.63, 3.8) is 0 Å². The first kappa shape index (κ1) is 8.25. The highest BCUT2D eigenvalue weighted by atomic mass is 16.3.